The minimum Gasteiger partial charge on any atom is -0.341 e. The van der Waals surface area contributed by atoms with Gasteiger partial charge in [-0.3, -0.25) is 0 Å². The Balaban J connectivity index is 2.06. The van der Waals surface area contributed by atoms with E-state index in [1.165, 1.54) is 32.9 Å². The molecule has 0 radical (unpaired) electrons. The molecular weight excluding hydrogens is 254 g/mol. The quantitative estimate of drug-likeness (QED) is 0.455. The second-order valence-electron chi connectivity index (χ2n) is 5.36. The predicted molar refractivity (Wildman–Crippen MR) is 90.6 cm³/mol. The highest BCUT2D eigenvalue weighted by Crippen LogP contribution is 2.32. The number of nitrogens with zero attached hydrogens (tertiary/aromatic N) is 1. The molecule has 0 atom stereocenters. The fourth-order valence-corrected chi connectivity index (χ4v) is 3.20. The molecule has 1 heteroatoms. The topological polar surface area (TPSA) is 4.93 Å². The molecule has 0 amide bonds. The number of aromatic nitrogens is 1. The van der Waals surface area contributed by atoms with E-state index in [1.807, 2.05) is 0 Å². The summed E-state index contributed by atoms with van der Waals surface area (Å²) in [5, 5.41) is 2.68. The van der Waals surface area contributed by atoms with E-state index in [4.69, 9.17) is 0 Å². The third-order valence-electron chi connectivity index (χ3n) is 4.20. The molecule has 102 valence electrons. The molecule has 0 fully saturated rings. The minimum atomic E-state index is 0.988. The van der Waals surface area contributed by atoms with E-state index >= 15 is 0 Å². The number of hydrogen-bond donors (Lipinski definition) is 0. The maximum atomic E-state index is 2.40. The van der Waals surface area contributed by atoms with Crippen LogP contribution in [-0.2, 0) is 6.54 Å². The van der Waals surface area contributed by atoms with Crippen molar-refractivity contribution in [3.63, 3.8) is 0 Å². The fourth-order valence-electron chi connectivity index (χ4n) is 3.20. The Kier molecular flexibility index (Phi) is 2.78. The van der Waals surface area contributed by atoms with E-state index in [0.29, 0.717) is 0 Å². The summed E-state index contributed by atoms with van der Waals surface area (Å²) < 4.78 is 2.40. The van der Waals surface area contributed by atoms with Crippen molar-refractivity contribution in [3.8, 4) is 11.1 Å². The van der Waals surface area contributed by atoms with Crippen LogP contribution in [0, 0.1) is 0 Å². The van der Waals surface area contributed by atoms with Crippen molar-refractivity contribution >= 4 is 21.8 Å². The summed E-state index contributed by atoms with van der Waals surface area (Å²) in [6.07, 6.45) is 0. The van der Waals surface area contributed by atoms with E-state index in [2.05, 4.69) is 84.3 Å². The molecule has 0 saturated heterocycles. The summed E-state index contributed by atoms with van der Waals surface area (Å²) in [5.41, 5.74) is 5.19. The number of hydrogen-bond acceptors (Lipinski definition) is 0. The van der Waals surface area contributed by atoms with Gasteiger partial charge in [-0.1, -0.05) is 60.7 Å². The summed E-state index contributed by atoms with van der Waals surface area (Å²) in [6, 6.07) is 26.0. The van der Waals surface area contributed by atoms with Crippen molar-refractivity contribution in [2.24, 2.45) is 0 Å². The molecule has 1 heterocycles. The molecule has 4 aromatic rings. The molecule has 0 spiro atoms. The van der Waals surface area contributed by atoms with E-state index in [9.17, 15) is 0 Å². The largest absolute Gasteiger partial charge is 0.341 e. The lowest BCUT2D eigenvalue weighted by molar-refractivity contribution is 0.827. The first-order valence-electron chi connectivity index (χ1n) is 7.45. The summed E-state index contributed by atoms with van der Waals surface area (Å²) in [5.74, 6) is 0. The molecule has 4 rings (SSSR count). The Morgan fingerprint density at radius 1 is 0.667 bits per heavy atom. The standard InChI is InChI=1S/C20H17N/c1-2-21-19-11-7-6-10-17(19)18-13-12-16(14-20(18)21)15-8-4-3-5-9-15/h3-14H,2H2,1H3. The van der Waals surface area contributed by atoms with Crippen LogP contribution < -0.4 is 0 Å². The fraction of sp³-hybridized carbons (Fsp3) is 0.100. The zero-order valence-electron chi connectivity index (χ0n) is 12.1. The SMILES string of the molecule is CCn1c2ccccc2c2ccc(-c3ccccc3)cc21. The van der Waals surface area contributed by atoms with Crippen LogP contribution in [0.15, 0.2) is 72.8 Å². The lowest BCUT2D eigenvalue weighted by Crippen LogP contribution is -1.92. The molecule has 0 saturated carbocycles. The van der Waals surface area contributed by atoms with Gasteiger partial charge in [-0.15, -0.1) is 0 Å². The van der Waals surface area contributed by atoms with E-state index < -0.39 is 0 Å². The number of rotatable bonds is 2. The second-order valence-corrected chi connectivity index (χ2v) is 5.36. The first-order valence-corrected chi connectivity index (χ1v) is 7.45. The van der Waals surface area contributed by atoms with Gasteiger partial charge in [0, 0.05) is 28.4 Å². The number of aryl methyl sites for hydroxylation is 1. The normalized spacial score (nSPS) is 11.3. The van der Waals surface area contributed by atoms with Gasteiger partial charge in [-0.25, -0.2) is 0 Å². The summed E-state index contributed by atoms with van der Waals surface area (Å²) in [6.45, 7) is 3.20. The van der Waals surface area contributed by atoms with Crippen LogP contribution in [-0.4, -0.2) is 4.57 Å². The molecule has 1 nitrogen and oxygen atoms in total. The second kappa shape index (κ2) is 4.78. The van der Waals surface area contributed by atoms with Crippen LogP contribution in [0.5, 0.6) is 0 Å². The van der Waals surface area contributed by atoms with E-state index in [-0.39, 0.29) is 0 Å². The van der Waals surface area contributed by atoms with Gasteiger partial charge in [0.1, 0.15) is 0 Å². The van der Waals surface area contributed by atoms with Crippen molar-refractivity contribution < 1.29 is 0 Å². The molecule has 0 N–H and O–H groups in total. The zero-order chi connectivity index (χ0) is 14.2. The third kappa shape index (κ3) is 1.85. The molecule has 0 unspecified atom stereocenters. The molecule has 0 aliphatic rings. The van der Waals surface area contributed by atoms with Crippen molar-refractivity contribution in [3.05, 3.63) is 72.8 Å². The number of para-hydroxylation sites is 1. The molecule has 0 aliphatic heterocycles. The van der Waals surface area contributed by atoms with Crippen molar-refractivity contribution in [1.82, 2.24) is 4.57 Å². The van der Waals surface area contributed by atoms with Gasteiger partial charge >= 0.3 is 0 Å². The van der Waals surface area contributed by atoms with Crippen LogP contribution >= 0.6 is 0 Å². The highest BCUT2D eigenvalue weighted by molar-refractivity contribution is 6.09. The van der Waals surface area contributed by atoms with Crippen LogP contribution in [0.4, 0.5) is 0 Å². The Morgan fingerprint density at radius 2 is 1.38 bits per heavy atom. The average Bonchev–Trinajstić information content (AvgIpc) is 2.88. The van der Waals surface area contributed by atoms with E-state index in [1.54, 1.807) is 0 Å². The van der Waals surface area contributed by atoms with Crippen molar-refractivity contribution in [2.75, 3.05) is 0 Å². The number of benzene rings is 3. The highest BCUT2D eigenvalue weighted by Gasteiger charge is 2.09. The first-order chi connectivity index (χ1) is 10.4. The molecule has 1 aromatic heterocycles. The van der Waals surface area contributed by atoms with Crippen LogP contribution in [0.2, 0.25) is 0 Å². The van der Waals surface area contributed by atoms with Gasteiger partial charge in [0.25, 0.3) is 0 Å². The summed E-state index contributed by atoms with van der Waals surface area (Å²) >= 11 is 0. The summed E-state index contributed by atoms with van der Waals surface area (Å²) in [4.78, 5) is 0. The molecule has 3 aromatic carbocycles. The van der Waals surface area contributed by atoms with Gasteiger partial charge in [-0.2, -0.15) is 0 Å². The van der Waals surface area contributed by atoms with Crippen LogP contribution in [0.25, 0.3) is 32.9 Å². The maximum absolute atomic E-state index is 2.40. The highest BCUT2D eigenvalue weighted by atomic mass is 15.0. The van der Waals surface area contributed by atoms with Gasteiger partial charge in [-0.05, 0) is 30.2 Å². The van der Waals surface area contributed by atoms with Gasteiger partial charge in [0.05, 0.1) is 0 Å². The Hall–Kier alpha value is -2.54. The molecule has 0 aliphatic carbocycles. The molecule has 0 bridgehead atoms. The first kappa shape index (κ1) is 12.2. The lowest BCUT2D eigenvalue weighted by atomic mass is 10.0. The minimum absolute atomic E-state index is 0.988. The van der Waals surface area contributed by atoms with Crippen LogP contribution in [0.3, 0.4) is 0 Å². The van der Waals surface area contributed by atoms with Crippen molar-refractivity contribution in [2.45, 2.75) is 13.5 Å². The van der Waals surface area contributed by atoms with Crippen molar-refractivity contribution in [1.29, 1.82) is 0 Å². The molecular formula is C20H17N. The Morgan fingerprint density at radius 3 is 2.19 bits per heavy atom. The smallest absolute Gasteiger partial charge is 0.0497 e. The molecule has 21 heavy (non-hydrogen) atoms. The number of fused-ring (bicyclic) bond motifs is 3. The Labute approximate surface area is 124 Å². The Bertz CT molecular complexity index is 917. The van der Waals surface area contributed by atoms with E-state index in [0.717, 1.165) is 6.54 Å². The average molecular weight is 271 g/mol. The van der Waals surface area contributed by atoms with Gasteiger partial charge in [0.2, 0.25) is 0 Å². The monoisotopic (exact) mass is 271 g/mol. The lowest BCUT2D eigenvalue weighted by Gasteiger charge is -2.05. The third-order valence-corrected chi connectivity index (χ3v) is 4.20. The van der Waals surface area contributed by atoms with Gasteiger partial charge in [0.15, 0.2) is 0 Å². The zero-order valence-corrected chi connectivity index (χ0v) is 12.1. The van der Waals surface area contributed by atoms with Gasteiger partial charge < -0.3 is 4.57 Å². The summed E-state index contributed by atoms with van der Waals surface area (Å²) in [7, 11) is 0. The maximum Gasteiger partial charge on any atom is 0.0497 e. The predicted octanol–water partition coefficient (Wildman–Crippen LogP) is 5.48. The van der Waals surface area contributed by atoms with Crippen LogP contribution in [0.1, 0.15) is 6.92 Å².